The van der Waals surface area contributed by atoms with Crippen LogP contribution >= 0.6 is 0 Å². The second kappa shape index (κ2) is 6.09. The summed E-state index contributed by atoms with van der Waals surface area (Å²) in [5.74, 6) is -0.279. The normalized spacial score (nSPS) is 11.4. The Bertz CT molecular complexity index is 1110. The van der Waals surface area contributed by atoms with Crippen LogP contribution in [0.15, 0.2) is 61.1 Å². The van der Waals surface area contributed by atoms with Gasteiger partial charge < -0.3 is 15.4 Å². The largest absolute Gasteiger partial charge is 0.478 e. The summed E-state index contributed by atoms with van der Waals surface area (Å²) >= 11 is 0. The molecule has 0 unspecified atom stereocenters. The van der Waals surface area contributed by atoms with Crippen molar-refractivity contribution in [3.05, 3.63) is 66.6 Å². The summed E-state index contributed by atoms with van der Waals surface area (Å²) in [7, 11) is 0. The van der Waals surface area contributed by atoms with Crippen molar-refractivity contribution >= 4 is 45.4 Å². The molecule has 0 fully saturated rings. The van der Waals surface area contributed by atoms with Gasteiger partial charge >= 0.3 is 5.97 Å². The van der Waals surface area contributed by atoms with Crippen LogP contribution in [0.4, 0.5) is 11.5 Å². The van der Waals surface area contributed by atoms with Gasteiger partial charge in [0.25, 0.3) is 0 Å². The standard InChI is InChI=1S/C19H14N4O2/c24-18(25)6-2-12-1-4-15-17(9-12)21-11-22-19(15)23-14-3-5-16-13(10-14)7-8-20-16/h1-11,20H,(H,24,25)(H,21,22,23). The number of aromatic amines is 1. The zero-order valence-electron chi connectivity index (χ0n) is 13.1. The Morgan fingerprint density at radius 1 is 1.12 bits per heavy atom. The smallest absolute Gasteiger partial charge is 0.328 e. The predicted molar refractivity (Wildman–Crippen MR) is 97.8 cm³/mol. The number of anilines is 2. The molecule has 3 N–H and O–H groups in total. The number of carboxylic acids is 1. The van der Waals surface area contributed by atoms with Crippen molar-refractivity contribution in [1.29, 1.82) is 0 Å². The van der Waals surface area contributed by atoms with Gasteiger partial charge in [0, 0.05) is 34.2 Å². The maximum absolute atomic E-state index is 10.6. The van der Waals surface area contributed by atoms with Crippen molar-refractivity contribution in [3.63, 3.8) is 0 Å². The van der Waals surface area contributed by atoms with Crippen LogP contribution < -0.4 is 5.32 Å². The average Bonchev–Trinajstić information content (AvgIpc) is 3.08. The topological polar surface area (TPSA) is 90.9 Å². The minimum absolute atomic E-state index is 0.702. The summed E-state index contributed by atoms with van der Waals surface area (Å²) in [6.45, 7) is 0. The second-order valence-electron chi connectivity index (χ2n) is 5.58. The molecule has 2 aromatic heterocycles. The van der Waals surface area contributed by atoms with E-state index in [1.54, 1.807) is 0 Å². The van der Waals surface area contributed by atoms with Crippen LogP contribution in [0.1, 0.15) is 5.56 Å². The van der Waals surface area contributed by atoms with Gasteiger partial charge in [0.05, 0.1) is 5.52 Å². The first-order valence-electron chi connectivity index (χ1n) is 7.69. The molecule has 4 aromatic rings. The molecule has 0 aliphatic rings. The number of hydrogen-bond donors (Lipinski definition) is 3. The van der Waals surface area contributed by atoms with E-state index in [1.807, 2.05) is 48.7 Å². The van der Waals surface area contributed by atoms with Crippen LogP contribution in [0.3, 0.4) is 0 Å². The van der Waals surface area contributed by atoms with Crippen molar-refractivity contribution in [3.8, 4) is 0 Å². The van der Waals surface area contributed by atoms with Crippen molar-refractivity contribution in [2.24, 2.45) is 0 Å². The van der Waals surface area contributed by atoms with Crippen LogP contribution in [0.25, 0.3) is 27.9 Å². The number of aromatic nitrogens is 3. The fourth-order valence-corrected chi connectivity index (χ4v) is 2.71. The van der Waals surface area contributed by atoms with Crippen molar-refractivity contribution in [2.75, 3.05) is 5.32 Å². The van der Waals surface area contributed by atoms with Gasteiger partial charge in [-0.1, -0.05) is 6.07 Å². The van der Waals surface area contributed by atoms with Crippen LogP contribution in [-0.2, 0) is 4.79 Å². The van der Waals surface area contributed by atoms with E-state index in [0.29, 0.717) is 5.82 Å². The van der Waals surface area contributed by atoms with Gasteiger partial charge in [-0.15, -0.1) is 0 Å². The highest BCUT2D eigenvalue weighted by Gasteiger charge is 2.05. The molecule has 6 heteroatoms. The molecule has 0 aliphatic carbocycles. The Kier molecular flexibility index (Phi) is 3.63. The summed E-state index contributed by atoms with van der Waals surface area (Å²) in [5.41, 5.74) is 3.52. The van der Waals surface area contributed by atoms with Crippen molar-refractivity contribution in [2.45, 2.75) is 0 Å². The summed E-state index contributed by atoms with van der Waals surface area (Å²) in [4.78, 5) is 22.4. The van der Waals surface area contributed by atoms with E-state index in [-0.39, 0.29) is 0 Å². The number of nitrogens with zero attached hydrogens (tertiary/aromatic N) is 2. The van der Waals surface area contributed by atoms with Crippen LogP contribution in [0.2, 0.25) is 0 Å². The van der Waals surface area contributed by atoms with E-state index < -0.39 is 5.97 Å². The second-order valence-corrected chi connectivity index (χ2v) is 5.58. The van der Waals surface area contributed by atoms with Crippen LogP contribution in [0, 0.1) is 0 Å². The van der Waals surface area contributed by atoms with E-state index >= 15 is 0 Å². The first kappa shape index (κ1) is 14.9. The molecule has 0 radical (unpaired) electrons. The molecule has 0 amide bonds. The SMILES string of the molecule is O=C(O)C=Cc1ccc2c(Nc3ccc4[nH]ccc4c3)ncnc2c1. The van der Waals surface area contributed by atoms with Gasteiger partial charge in [-0.05, 0) is 48.0 Å². The maximum atomic E-state index is 10.6. The third-order valence-electron chi connectivity index (χ3n) is 3.89. The molecule has 0 bridgehead atoms. The number of H-pyrrole nitrogens is 1. The highest BCUT2D eigenvalue weighted by Crippen LogP contribution is 2.26. The molecule has 2 aromatic carbocycles. The van der Waals surface area contributed by atoms with Gasteiger partial charge in [-0.3, -0.25) is 0 Å². The first-order chi connectivity index (χ1) is 12.2. The summed E-state index contributed by atoms with van der Waals surface area (Å²) in [6, 6.07) is 13.6. The fourth-order valence-electron chi connectivity index (χ4n) is 2.71. The highest BCUT2D eigenvalue weighted by atomic mass is 16.4. The lowest BCUT2D eigenvalue weighted by molar-refractivity contribution is -0.131. The van der Waals surface area contributed by atoms with Gasteiger partial charge in [-0.25, -0.2) is 14.8 Å². The van der Waals surface area contributed by atoms with Crippen LogP contribution in [0.5, 0.6) is 0 Å². The zero-order valence-corrected chi connectivity index (χ0v) is 13.1. The van der Waals surface area contributed by atoms with E-state index in [0.717, 1.165) is 39.1 Å². The monoisotopic (exact) mass is 330 g/mol. The number of carbonyl (C=O) groups is 1. The molecule has 122 valence electrons. The fraction of sp³-hybridized carbons (Fsp3) is 0. The molecule has 4 rings (SSSR count). The lowest BCUT2D eigenvalue weighted by atomic mass is 10.1. The molecule has 0 saturated heterocycles. The van der Waals surface area contributed by atoms with Crippen molar-refractivity contribution < 1.29 is 9.90 Å². The Morgan fingerprint density at radius 3 is 2.92 bits per heavy atom. The third kappa shape index (κ3) is 3.05. The van der Waals surface area contributed by atoms with E-state index in [1.165, 1.54) is 12.4 Å². The number of benzene rings is 2. The van der Waals surface area contributed by atoms with Crippen molar-refractivity contribution in [1.82, 2.24) is 15.0 Å². The van der Waals surface area contributed by atoms with Gasteiger partial charge in [0.1, 0.15) is 12.1 Å². The lowest BCUT2D eigenvalue weighted by Crippen LogP contribution is -1.96. The molecule has 25 heavy (non-hydrogen) atoms. The van der Waals surface area contributed by atoms with Crippen LogP contribution in [-0.4, -0.2) is 26.0 Å². The Hall–Kier alpha value is -3.67. The summed E-state index contributed by atoms with van der Waals surface area (Å²) < 4.78 is 0. The highest BCUT2D eigenvalue weighted by molar-refractivity contribution is 5.94. The summed E-state index contributed by atoms with van der Waals surface area (Å²) in [6.07, 6.45) is 6.04. The lowest BCUT2D eigenvalue weighted by Gasteiger charge is -2.09. The molecule has 6 nitrogen and oxygen atoms in total. The minimum Gasteiger partial charge on any atom is -0.478 e. The van der Waals surface area contributed by atoms with Gasteiger partial charge in [0.2, 0.25) is 0 Å². The number of nitrogens with one attached hydrogen (secondary N) is 2. The van der Waals surface area contributed by atoms with Gasteiger partial charge in [-0.2, -0.15) is 0 Å². The Morgan fingerprint density at radius 2 is 2.04 bits per heavy atom. The first-order valence-corrected chi connectivity index (χ1v) is 7.69. The summed E-state index contributed by atoms with van der Waals surface area (Å²) in [5, 5.41) is 14.0. The molecule has 0 saturated carbocycles. The molecule has 0 atom stereocenters. The molecule has 0 spiro atoms. The number of carboxylic acid groups (broad SMARTS) is 1. The number of hydrogen-bond acceptors (Lipinski definition) is 4. The average molecular weight is 330 g/mol. The quantitative estimate of drug-likeness (QED) is 0.493. The van der Waals surface area contributed by atoms with E-state index in [2.05, 4.69) is 20.3 Å². The number of fused-ring (bicyclic) bond motifs is 2. The molecular weight excluding hydrogens is 316 g/mol. The number of rotatable bonds is 4. The number of aliphatic carboxylic acids is 1. The Labute approximate surface area is 142 Å². The third-order valence-corrected chi connectivity index (χ3v) is 3.89. The van der Waals surface area contributed by atoms with E-state index in [4.69, 9.17) is 5.11 Å². The van der Waals surface area contributed by atoms with Gasteiger partial charge in [0.15, 0.2) is 0 Å². The Balaban J connectivity index is 1.70. The predicted octanol–water partition coefficient (Wildman–Crippen LogP) is 3.95. The molecular formula is C19H14N4O2. The minimum atomic E-state index is -0.981. The maximum Gasteiger partial charge on any atom is 0.328 e. The molecule has 2 heterocycles. The molecule has 0 aliphatic heterocycles. The van der Waals surface area contributed by atoms with E-state index in [9.17, 15) is 4.79 Å². The zero-order chi connectivity index (χ0) is 17.2.